The molecule has 3 rings (SSSR count). The van der Waals surface area contributed by atoms with Crippen LogP contribution in [0.2, 0.25) is 0 Å². The third kappa shape index (κ3) is 6.95. The number of hydrogen-bond acceptors (Lipinski definition) is 4. The fourth-order valence-corrected chi connectivity index (χ4v) is 3.15. The Labute approximate surface area is 201 Å². The van der Waals surface area contributed by atoms with Gasteiger partial charge in [-0.25, -0.2) is 4.99 Å². The number of guanidine groups is 1. The van der Waals surface area contributed by atoms with Gasteiger partial charge < -0.3 is 19.9 Å². The van der Waals surface area contributed by atoms with E-state index >= 15 is 0 Å². The number of aromatic nitrogens is 3. The van der Waals surface area contributed by atoms with Crippen molar-refractivity contribution in [3.8, 4) is 5.75 Å². The molecule has 31 heavy (non-hydrogen) atoms. The summed E-state index contributed by atoms with van der Waals surface area (Å²) in [6, 6.07) is 16.6. The summed E-state index contributed by atoms with van der Waals surface area (Å²) in [7, 11) is 3.64. The van der Waals surface area contributed by atoms with Crippen molar-refractivity contribution >= 4 is 29.9 Å². The molecule has 0 saturated heterocycles. The van der Waals surface area contributed by atoms with Crippen molar-refractivity contribution in [2.75, 3.05) is 7.11 Å². The van der Waals surface area contributed by atoms with Gasteiger partial charge in [0.2, 0.25) is 0 Å². The lowest BCUT2D eigenvalue weighted by Crippen LogP contribution is -2.39. The molecule has 1 atom stereocenters. The molecular weight excluding hydrogens is 503 g/mol. The van der Waals surface area contributed by atoms with E-state index < -0.39 is 0 Å². The van der Waals surface area contributed by atoms with Crippen molar-refractivity contribution in [1.82, 2.24) is 25.4 Å². The fourth-order valence-electron chi connectivity index (χ4n) is 3.15. The standard InChI is InChI=1S/C23H30N6O.HI/c1-16-11-19(13-21(12-16)30-5)14-24-23(25-15-22-28-27-18(3)29(22)4)26-17(2)20-9-7-6-8-10-20;/h6-13,17H,14-15H2,1-5H3,(H2,24,25,26);1H. The number of aliphatic imine (C=N–C) groups is 1. The number of aryl methyl sites for hydroxylation is 2. The zero-order valence-electron chi connectivity index (χ0n) is 18.7. The molecule has 166 valence electrons. The average molecular weight is 534 g/mol. The van der Waals surface area contributed by atoms with E-state index in [1.165, 1.54) is 5.56 Å². The third-order valence-corrected chi connectivity index (χ3v) is 5.02. The van der Waals surface area contributed by atoms with Crippen LogP contribution in [-0.2, 0) is 20.1 Å². The van der Waals surface area contributed by atoms with Gasteiger partial charge in [0.05, 0.1) is 26.2 Å². The van der Waals surface area contributed by atoms with Crippen LogP contribution in [0.15, 0.2) is 53.5 Å². The Hall–Kier alpha value is -2.62. The first-order chi connectivity index (χ1) is 14.5. The molecule has 0 aliphatic rings. The van der Waals surface area contributed by atoms with E-state index in [9.17, 15) is 0 Å². The summed E-state index contributed by atoms with van der Waals surface area (Å²) >= 11 is 0. The van der Waals surface area contributed by atoms with E-state index in [1.807, 2.05) is 48.9 Å². The second-order valence-corrected chi connectivity index (χ2v) is 7.38. The number of ether oxygens (including phenoxy) is 1. The topological polar surface area (TPSA) is 76.4 Å². The van der Waals surface area contributed by atoms with Crippen LogP contribution in [-0.4, -0.2) is 27.8 Å². The normalized spacial score (nSPS) is 12.1. The highest BCUT2D eigenvalue weighted by Gasteiger charge is 2.10. The Morgan fingerprint density at radius 2 is 1.87 bits per heavy atom. The summed E-state index contributed by atoms with van der Waals surface area (Å²) in [6.45, 7) is 7.18. The smallest absolute Gasteiger partial charge is 0.192 e. The van der Waals surface area contributed by atoms with Gasteiger partial charge in [-0.3, -0.25) is 0 Å². The Bertz CT molecular complexity index is 1000. The molecular formula is C23H31IN6O. The molecule has 1 heterocycles. The minimum absolute atomic E-state index is 0. The van der Waals surface area contributed by atoms with Crippen molar-refractivity contribution in [3.05, 3.63) is 76.9 Å². The molecule has 2 N–H and O–H groups in total. The third-order valence-electron chi connectivity index (χ3n) is 5.02. The first-order valence-electron chi connectivity index (χ1n) is 10.1. The molecule has 0 aliphatic carbocycles. The monoisotopic (exact) mass is 534 g/mol. The zero-order chi connectivity index (χ0) is 21.5. The summed E-state index contributed by atoms with van der Waals surface area (Å²) in [6.07, 6.45) is 0. The summed E-state index contributed by atoms with van der Waals surface area (Å²) in [4.78, 5) is 4.81. The number of nitrogens with zero attached hydrogens (tertiary/aromatic N) is 4. The summed E-state index contributed by atoms with van der Waals surface area (Å²) < 4.78 is 7.36. The molecule has 0 amide bonds. The van der Waals surface area contributed by atoms with Crippen LogP contribution >= 0.6 is 24.0 Å². The van der Waals surface area contributed by atoms with E-state index in [0.29, 0.717) is 19.0 Å². The van der Waals surface area contributed by atoms with Gasteiger partial charge in [0, 0.05) is 7.05 Å². The van der Waals surface area contributed by atoms with Gasteiger partial charge in [-0.1, -0.05) is 36.4 Å². The summed E-state index contributed by atoms with van der Waals surface area (Å²) in [5.41, 5.74) is 3.43. The Kier molecular flexibility index (Phi) is 9.29. The van der Waals surface area contributed by atoms with Gasteiger partial charge in [0.1, 0.15) is 11.6 Å². The first kappa shape index (κ1) is 24.6. The molecule has 1 unspecified atom stereocenters. The predicted molar refractivity (Wildman–Crippen MR) is 135 cm³/mol. The van der Waals surface area contributed by atoms with Crippen LogP contribution in [0.3, 0.4) is 0 Å². The van der Waals surface area contributed by atoms with E-state index in [4.69, 9.17) is 9.73 Å². The molecule has 0 aliphatic heterocycles. The van der Waals surface area contributed by atoms with Gasteiger partial charge in [0.15, 0.2) is 11.8 Å². The number of benzene rings is 2. The number of halogens is 1. The van der Waals surface area contributed by atoms with E-state index in [0.717, 1.165) is 28.5 Å². The van der Waals surface area contributed by atoms with Crippen LogP contribution in [0.4, 0.5) is 0 Å². The maximum atomic E-state index is 5.39. The maximum absolute atomic E-state index is 5.39. The van der Waals surface area contributed by atoms with Crippen LogP contribution < -0.4 is 15.4 Å². The lowest BCUT2D eigenvalue weighted by atomic mass is 10.1. The lowest BCUT2D eigenvalue weighted by molar-refractivity contribution is 0.414. The molecule has 2 aromatic carbocycles. The minimum Gasteiger partial charge on any atom is -0.497 e. The Morgan fingerprint density at radius 1 is 1.13 bits per heavy atom. The van der Waals surface area contributed by atoms with Crippen LogP contribution in [0.5, 0.6) is 5.75 Å². The molecule has 7 nitrogen and oxygen atoms in total. The van der Waals surface area contributed by atoms with Crippen LogP contribution in [0.25, 0.3) is 0 Å². The van der Waals surface area contributed by atoms with Gasteiger partial charge in [0.25, 0.3) is 0 Å². The van der Waals surface area contributed by atoms with Gasteiger partial charge in [-0.05, 0) is 49.6 Å². The molecule has 0 fully saturated rings. The molecule has 8 heteroatoms. The molecule has 0 spiro atoms. The van der Waals surface area contributed by atoms with E-state index in [2.05, 4.69) is 52.9 Å². The van der Waals surface area contributed by atoms with Gasteiger partial charge in [-0.15, -0.1) is 34.2 Å². The van der Waals surface area contributed by atoms with Crippen molar-refractivity contribution in [2.45, 2.75) is 39.9 Å². The Balaban J connectivity index is 0.00000341. The van der Waals surface area contributed by atoms with E-state index in [-0.39, 0.29) is 30.0 Å². The molecule has 3 aromatic rings. The fraction of sp³-hybridized carbons (Fsp3) is 0.348. The first-order valence-corrected chi connectivity index (χ1v) is 10.1. The average Bonchev–Trinajstić information content (AvgIpc) is 3.07. The highest BCUT2D eigenvalue weighted by atomic mass is 127. The van der Waals surface area contributed by atoms with E-state index in [1.54, 1.807) is 7.11 Å². The Morgan fingerprint density at radius 3 is 2.52 bits per heavy atom. The highest BCUT2D eigenvalue weighted by Crippen LogP contribution is 2.17. The zero-order valence-corrected chi connectivity index (χ0v) is 21.0. The van der Waals surface area contributed by atoms with Gasteiger partial charge >= 0.3 is 0 Å². The van der Waals surface area contributed by atoms with Crippen molar-refractivity contribution in [3.63, 3.8) is 0 Å². The number of methoxy groups -OCH3 is 1. The summed E-state index contributed by atoms with van der Waals surface area (Å²) in [5.74, 6) is 3.29. The lowest BCUT2D eigenvalue weighted by Gasteiger charge is -2.19. The summed E-state index contributed by atoms with van der Waals surface area (Å²) in [5, 5.41) is 15.2. The highest BCUT2D eigenvalue weighted by molar-refractivity contribution is 14.0. The second kappa shape index (κ2) is 11.7. The van der Waals surface area contributed by atoms with Crippen molar-refractivity contribution < 1.29 is 4.74 Å². The molecule has 0 radical (unpaired) electrons. The van der Waals surface area contributed by atoms with Crippen molar-refractivity contribution in [1.29, 1.82) is 0 Å². The predicted octanol–water partition coefficient (Wildman–Crippen LogP) is 4.06. The number of nitrogens with one attached hydrogen (secondary N) is 2. The van der Waals surface area contributed by atoms with Crippen LogP contribution in [0, 0.1) is 13.8 Å². The largest absolute Gasteiger partial charge is 0.497 e. The molecule has 0 bridgehead atoms. The SMILES string of the molecule is COc1cc(C)cc(CN=C(NCc2nnc(C)n2C)NC(C)c2ccccc2)c1.I. The number of rotatable bonds is 7. The quantitative estimate of drug-likeness (QED) is 0.272. The molecule has 0 saturated carbocycles. The van der Waals surface area contributed by atoms with Crippen molar-refractivity contribution in [2.24, 2.45) is 12.0 Å². The number of hydrogen-bond donors (Lipinski definition) is 2. The minimum atomic E-state index is 0. The molecule has 1 aromatic heterocycles. The van der Waals surface area contributed by atoms with Crippen LogP contribution in [0.1, 0.15) is 41.3 Å². The second-order valence-electron chi connectivity index (χ2n) is 7.38. The maximum Gasteiger partial charge on any atom is 0.192 e. The van der Waals surface area contributed by atoms with Gasteiger partial charge in [-0.2, -0.15) is 0 Å².